The first kappa shape index (κ1) is 18.9. The minimum atomic E-state index is -0.00138. The number of benzene rings is 1. The number of anilines is 1. The second kappa shape index (κ2) is 9.18. The Balaban J connectivity index is 1.59. The summed E-state index contributed by atoms with van der Waals surface area (Å²) in [5, 5.41) is 2.90. The number of carbonyl (C=O) groups is 1. The standard InChI is InChI=1S/C22H26N4O/c1-17(25-18(2)27)14-20-9-6-19(7-10-20)8-11-21-15-23-22(24-16-21)26-12-4-3-5-13-26/h6-7,9-10,15-17H,3-5,12-14H2,1-2H3,(H,25,27). The van der Waals surface area contributed by atoms with Crippen molar-refractivity contribution in [3.63, 3.8) is 0 Å². The van der Waals surface area contributed by atoms with Crippen LogP contribution in [0.2, 0.25) is 0 Å². The molecule has 1 amide bonds. The average Bonchev–Trinajstić information content (AvgIpc) is 2.68. The van der Waals surface area contributed by atoms with Gasteiger partial charge in [0.05, 0.1) is 5.56 Å². The van der Waals surface area contributed by atoms with Gasteiger partial charge in [0.1, 0.15) is 0 Å². The van der Waals surface area contributed by atoms with Crippen molar-refractivity contribution >= 4 is 11.9 Å². The fourth-order valence-corrected chi connectivity index (χ4v) is 3.26. The maximum Gasteiger partial charge on any atom is 0.225 e. The third-order valence-electron chi connectivity index (χ3n) is 4.57. The van der Waals surface area contributed by atoms with Crippen molar-refractivity contribution in [3.8, 4) is 11.8 Å². The SMILES string of the molecule is CC(=O)NC(C)Cc1ccc(C#Cc2cnc(N3CCCCC3)nc2)cc1. The van der Waals surface area contributed by atoms with E-state index in [1.165, 1.54) is 31.7 Å². The molecule has 27 heavy (non-hydrogen) atoms. The minimum absolute atomic E-state index is 0.00138. The molecule has 1 N–H and O–H groups in total. The summed E-state index contributed by atoms with van der Waals surface area (Å²) in [6.07, 6.45) is 8.12. The molecule has 0 radical (unpaired) electrons. The van der Waals surface area contributed by atoms with Gasteiger partial charge in [0.25, 0.3) is 0 Å². The van der Waals surface area contributed by atoms with Gasteiger partial charge in [-0.2, -0.15) is 0 Å². The van der Waals surface area contributed by atoms with Gasteiger partial charge >= 0.3 is 0 Å². The lowest BCUT2D eigenvalue weighted by Gasteiger charge is -2.26. The van der Waals surface area contributed by atoms with Crippen LogP contribution < -0.4 is 10.2 Å². The largest absolute Gasteiger partial charge is 0.354 e. The predicted molar refractivity (Wildman–Crippen MR) is 108 cm³/mol. The molecule has 1 fully saturated rings. The van der Waals surface area contributed by atoms with E-state index in [1.54, 1.807) is 12.4 Å². The van der Waals surface area contributed by atoms with E-state index in [9.17, 15) is 4.79 Å². The zero-order valence-electron chi connectivity index (χ0n) is 16.0. The van der Waals surface area contributed by atoms with Gasteiger partial charge in [-0.1, -0.05) is 24.0 Å². The lowest BCUT2D eigenvalue weighted by molar-refractivity contribution is -0.119. The van der Waals surface area contributed by atoms with E-state index in [4.69, 9.17) is 0 Å². The summed E-state index contributed by atoms with van der Waals surface area (Å²) in [4.78, 5) is 22.3. The van der Waals surface area contributed by atoms with E-state index in [-0.39, 0.29) is 11.9 Å². The summed E-state index contributed by atoms with van der Waals surface area (Å²) >= 11 is 0. The van der Waals surface area contributed by atoms with E-state index in [1.807, 2.05) is 19.1 Å². The van der Waals surface area contributed by atoms with Crippen molar-refractivity contribution in [1.82, 2.24) is 15.3 Å². The summed E-state index contributed by atoms with van der Waals surface area (Å²) in [5.74, 6) is 7.09. The van der Waals surface area contributed by atoms with Crippen molar-refractivity contribution < 1.29 is 4.79 Å². The van der Waals surface area contributed by atoms with E-state index in [2.05, 4.69) is 44.2 Å². The molecule has 1 atom stereocenters. The second-order valence-electron chi connectivity index (χ2n) is 7.07. The Kier molecular flexibility index (Phi) is 6.43. The molecule has 1 aromatic heterocycles. The maximum absolute atomic E-state index is 11.1. The van der Waals surface area contributed by atoms with Crippen LogP contribution in [-0.4, -0.2) is 35.0 Å². The lowest BCUT2D eigenvalue weighted by atomic mass is 10.1. The van der Waals surface area contributed by atoms with Crippen molar-refractivity contribution in [2.45, 2.75) is 45.6 Å². The van der Waals surface area contributed by atoms with Crippen LogP contribution in [0.1, 0.15) is 49.8 Å². The zero-order valence-corrected chi connectivity index (χ0v) is 16.0. The van der Waals surface area contributed by atoms with E-state index in [0.29, 0.717) is 0 Å². The molecular formula is C22H26N4O. The van der Waals surface area contributed by atoms with Gasteiger partial charge in [0, 0.05) is 44.0 Å². The highest BCUT2D eigenvalue weighted by atomic mass is 16.1. The molecule has 1 aliphatic rings. The number of hydrogen-bond donors (Lipinski definition) is 1. The van der Waals surface area contributed by atoms with Crippen LogP contribution in [0.15, 0.2) is 36.7 Å². The quantitative estimate of drug-likeness (QED) is 0.850. The molecule has 3 rings (SSSR count). The Labute approximate surface area is 161 Å². The van der Waals surface area contributed by atoms with Crippen LogP contribution in [-0.2, 0) is 11.2 Å². The van der Waals surface area contributed by atoms with Crippen LogP contribution in [0.25, 0.3) is 0 Å². The molecule has 1 saturated heterocycles. The van der Waals surface area contributed by atoms with Gasteiger partial charge in [-0.15, -0.1) is 0 Å². The first-order valence-electron chi connectivity index (χ1n) is 9.55. The number of amides is 1. The Hall–Kier alpha value is -2.87. The molecule has 0 aliphatic carbocycles. The second-order valence-corrected chi connectivity index (χ2v) is 7.07. The molecule has 1 aliphatic heterocycles. The van der Waals surface area contributed by atoms with Crippen molar-refractivity contribution in [3.05, 3.63) is 53.3 Å². The van der Waals surface area contributed by atoms with E-state index >= 15 is 0 Å². The molecule has 1 aromatic carbocycles. The first-order chi connectivity index (χ1) is 13.1. The van der Waals surface area contributed by atoms with Crippen LogP contribution in [0, 0.1) is 11.8 Å². The lowest BCUT2D eigenvalue weighted by Crippen LogP contribution is -2.31. The van der Waals surface area contributed by atoms with Crippen molar-refractivity contribution in [2.24, 2.45) is 0 Å². The number of hydrogen-bond acceptors (Lipinski definition) is 4. The number of nitrogens with zero attached hydrogens (tertiary/aromatic N) is 3. The maximum atomic E-state index is 11.1. The van der Waals surface area contributed by atoms with Crippen LogP contribution in [0.3, 0.4) is 0 Å². The number of aromatic nitrogens is 2. The fraction of sp³-hybridized carbons (Fsp3) is 0.409. The highest BCUT2D eigenvalue weighted by Crippen LogP contribution is 2.14. The molecule has 5 nitrogen and oxygen atoms in total. The third-order valence-corrected chi connectivity index (χ3v) is 4.57. The zero-order chi connectivity index (χ0) is 19.1. The smallest absolute Gasteiger partial charge is 0.225 e. The van der Waals surface area contributed by atoms with Gasteiger partial charge in [-0.05, 0) is 50.3 Å². The monoisotopic (exact) mass is 362 g/mol. The van der Waals surface area contributed by atoms with E-state index in [0.717, 1.165) is 36.6 Å². The minimum Gasteiger partial charge on any atom is -0.354 e. The number of nitrogens with one attached hydrogen (secondary N) is 1. The van der Waals surface area contributed by atoms with Crippen LogP contribution >= 0.6 is 0 Å². The van der Waals surface area contributed by atoms with Gasteiger partial charge in [-0.25, -0.2) is 9.97 Å². The molecule has 0 saturated carbocycles. The number of piperidine rings is 1. The Bertz CT molecular complexity index is 812. The summed E-state index contributed by atoms with van der Waals surface area (Å²) in [5.41, 5.74) is 2.95. The number of carbonyl (C=O) groups excluding carboxylic acids is 1. The average molecular weight is 362 g/mol. The summed E-state index contributed by atoms with van der Waals surface area (Å²) < 4.78 is 0. The van der Waals surface area contributed by atoms with E-state index < -0.39 is 0 Å². The molecule has 2 heterocycles. The molecular weight excluding hydrogens is 336 g/mol. The molecule has 0 bridgehead atoms. The normalized spacial score (nSPS) is 14.8. The Morgan fingerprint density at radius 1 is 1.07 bits per heavy atom. The predicted octanol–water partition coefficient (Wildman–Crippen LogP) is 2.93. The summed E-state index contributed by atoms with van der Waals surface area (Å²) in [6.45, 7) is 5.62. The third kappa shape index (κ3) is 5.82. The first-order valence-corrected chi connectivity index (χ1v) is 9.55. The summed E-state index contributed by atoms with van der Waals surface area (Å²) in [7, 11) is 0. The fourth-order valence-electron chi connectivity index (χ4n) is 3.26. The molecule has 1 unspecified atom stereocenters. The van der Waals surface area contributed by atoms with Crippen molar-refractivity contribution in [1.29, 1.82) is 0 Å². The Morgan fingerprint density at radius 2 is 1.70 bits per heavy atom. The van der Waals surface area contributed by atoms with Gasteiger partial charge in [-0.3, -0.25) is 4.79 Å². The number of rotatable bonds is 4. The molecule has 0 spiro atoms. The summed E-state index contributed by atoms with van der Waals surface area (Å²) in [6, 6.07) is 8.24. The highest BCUT2D eigenvalue weighted by Gasteiger charge is 2.12. The molecule has 2 aromatic rings. The molecule has 5 heteroatoms. The topological polar surface area (TPSA) is 58.1 Å². The van der Waals surface area contributed by atoms with Gasteiger partial charge < -0.3 is 10.2 Å². The highest BCUT2D eigenvalue weighted by molar-refractivity contribution is 5.73. The van der Waals surface area contributed by atoms with Gasteiger partial charge in [0.2, 0.25) is 11.9 Å². The van der Waals surface area contributed by atoms with Crippen LogP contribution in [0.4, 0.5) is 5.95 Å². The molecule has 140 valence electrons. The van der Waals surface area contributed by atoms with Crippen LogP contribution in [0.5, 0.6) is 0 Å². The van der Waals surface area contributed by atoms with Gasteiger partial charge in [0.15, 0.2) is 0 Å². The van der Waals surface area contributed by atoms with Crippen molar-refractivity contribution in [2.75, 3.05) is 18.0 Å². The Morgan fingerprint density at radius 3 is 2.33 bits per heavy atom.